The van der Waals surface area contributed by atoms with Crippen molar-refractivity contribution < 1.29 is 13.9 Å². The minimum absolute atomic E-state index is 0.0730. The molecule has 6 heteroatoms. The van der Waals surface area contributed by atoms with Crippen LogP contribution in [0.5, 0.6) is 5.95 Å². The number of carbonyl (C=O) groups is 1. The van der Waals surface area contributed by atoms with Gasteiger partial charge >= 0.3 is 0 Å². The lowest BCUT2D eigenvalue weighted by molar-refractivity contribution is 0.0898. The van der Waals surface area contributed by atoms with Crippen LogP contribution in [-0.2, 0) is 6.42 Å². The molecule has 0 saturated heterocycles. The number of rotatable bonds is 4. The summed E-state index contributed by atoms with van der Waals surface area (Å²) in [6, 6.07) is 9.44. The van der Waals surface area contributed by atoms with Crippen LogP contribution in [0.4, 0.5) is 0 Å². The number of hydrogen-bond acceptors (Lipinski definition) is 4. The summed E-state index contributed by atoms with van der Waals surface area (Å²) < 4.78 is 12.4. The van der Waals surface area contributed by atoms with Gasteiger partial charge in [0.15, 0.2) is 5.76 Å². The number of fused-ring (bicyclic) bond motifs is 1. The van der Waals surface area contributed by atoms with Gasteiger partial charge in [-0.2, -0.15) is 5.10 Å². The van der Waals surface area contributed by atoms with Crippen LogP contribution in [0.25, 0.3) is 5.69 Å². The van der Waals surface area contributed by atoms with Crippen LogP contribution in [0, 0.1) is 13.8 Å². The molecule has 1 aliphatic carbocycles. The van der Waals surface area contributed by atoms with E-state index >= 15 is 0 Å². The predicted octanol–water partition coefficient (Wildman–Crippen LogP) is 3.90. The van der Waals surface area contributed by atoms with Crippen LogP contribution in [0.1, 0.15) is 51.8 Å². The molecule has 0 radical (unpaired) electrons. The van der Waals surface area contributed by atoms with Gasteiger partial charge in [0.1, 0.15) is 0 Å². The van der Waals surface area contributed by atoms with Crippen LogP contribution >= 0.6 is 0 Å². The van der Waals surface area contributed by atoms with Gasteiger partial charge < -0.3 is 14.5 Å². The number of nitrogens with zero attached hydrogens (tertiary/aromatic N) is 2. The molecule has 0 aliphatic heterocycles. The number of methoxy groups -OCH3 is 1. The summed E-state index contributed by atoms with van der Waals surface area (Å²) in [5.41, 5.74) is 5.80. The molecule has 1 atom stereocenters. The zero-order valence-electron chi connectivity index (χ0n) is 15.8. The van der Waals surface area contributed by atoms with E-state index in [0.29, 0.717) is 5.95 Å². The molecule has 0 bridgehead atoms. The molecule has 1 N–H and O–H groups in total. The van der Waals surface area contributed by atoms with Crippen LogP contribution in [0.3, 0.4) is 0 Å². The largest absolute Gasteiger partial charge is 0.468 e. The minimum atomic E-state index is -0.240. The SMILES string of the molecule is COc1ccc(C(=O)N[C@@H]2CCCc3c2cnn3-c2cccc(C)c2C)o1. The Labute approximate surface area is 158 Å². The molecule has 0 spiro atoms. The summed E-state index contributed by atoms with van der Waals surface area (Å²) >= 11 is 0. The molecule has 1 aliphatic rings. The zero-order valence-corrected chi connectivity index (χ0v) is 15.8. The van der Waals surface area contributed by atoms with Gasteiger partial charge in [0.05, 0.1) is 25.0 Å². The number of aromatic nitrogens is 2. The first-order valence-corrected chi connectivity index (χ1v) is 9.16. The summed E-state index contributed by atoms with van der Waals surface area (Å²) in [6.45, 7) is 4.22. The highest BCUT2D eigenvalue weighted by Gasteiger charge is 2.27. The van der Waals surface area contributed by atoms with E-state index in [2.05, 4.69) is 42.5 Å². The van der Waals surface area contributed by atoms with Crippen LogP contribution in [0.2, 0.25) is 0 Å². The number of nitrogens with one attached hydrogen (secondary N) is 1. The number of carbonyl (C=O) groups excluding carboxylic acids is 1. The molecular formula is C21H23N3O3. The smallest absolute Gasteiger partial charge is 0.287 e. The van der Waals surface area contributed by atoms with Crippen LogP contribution < -0.4 is 10.1 Å². The maximum Gasteiger partial charge on any atom is 0.287 e. The molecular weight excluding hydrogens is 342 g/mol. The predicted molar refractivity (Wildman–Crippen MR) is 101 cm³/mol. The Hall–Kier alpha value is -3.02. The molecule has 140 valence electrons. The Balaban J connectivity index is 1.62. The van der Waals surface area contributed by atoms with Crippen LogP contribution in [0.15, 0.2) is 40.9 Å². The van der Waals surface area contributed by atoms with E-state index in [4.69, 9.17) is 9.15 Å². The fraction of sp³-hybridized carbons (Fsp3) is 0.333. The summed E-state index contributed by atoms with van der Waals surface area (Å²) in [5, 5.41) is 7.72. The quantitative estimate of drug-likeness (QED) is 0.761. The standard InChI is InChI=1S/C21H23N3O3/c1-13-6-4-8-17(14(13)2)24-18-9-5-7-16(15(18)12-22-24)23-21(25)19-10-11-20(26-3)27-19/h4,6,8,10-12,16H,5,7,9H2,1-3H3,(H,23,25)/t16-/m1/s1. The van der Waals surface area contributed by atoms with Gasteiger partial charge in [0.2, 0.25) is 0 Å². The van der Waals surface area contributed by atoms with E-state index in [-0.39, 0.29) is 17.7 Å². The lowest BCUT2D eigenvalue weighted by atomic mass is 9.92. The number of benzene rings is 1. The fourth-order valence-corrected chi connectivity index (χ4v) is 3.66. The highest BCUT2D eigenvalue weighted by molar-refractivity contribution is 5.91. The molecule has 0 saturated carbocycles. The second kappa shape index (κ2) is 6.95. The second-order valence-electron chi connectivity index (χ2n) is 6.92. The summed E-state index contributed by atoms with van der Waals surface area (Å²) in [7, 11) is 1.51. The average molecular weight is 365 g/mol. The number of furan rings is 1. The normalized spacial score (nSPS) is 16.0. The van der Waals surface area contributed by atoms with E-state index in [1.165, 1.54) is 18.2 Å². The highest BCUT2D eigenvalue weighted by Crippen LogP contribution is 2.32. The first-order chi connectivity index (χ1) is 13.1. The van der Waals surface area contributed by atoms with Gasteiger partial charge in [0.25, 0.3) is 11.9 Å². The van der Waals surface area contributed by atoms with E-state index < -0.39 is 0 Å². The molecule has 2 heterocycles. The lowest BCUT2D eigenvalue weighted by Crippen LogP contribution is -2.30. The van der Waals surface area contributed by atoms with E-state index in [9.17, 15) is 4.79 Å². The van der Waals surface area contributed by atoms with Crippen molar-refractivity contribution in [3.63, 3.8) is 0 Å². The second-order valence-corrected chi connectivity index (χ2v) is 6.92. The monoisotopic (exact) mass is 365 g/mol. The van der Waals surface area contributed by atoms with Gasteiger partial charge in [-0.15, -0.1) is 0 Å². The highest BCUT2D eigenvalue weighted by atomic mass is 16.6. The molecule has 0 unspecified atom stereocenters. The van der Waals surface area contributed by atoms with Crippen molar-refractivity contribution in [3.8, 4) is 11.6 Å². The van der Waals surface area contributed by atoms with Crippen molar-refractivity contribution >= 4 is 5.91 Å². The Morgan fingerprint density at radius 1 is 1.30 bits per heavy atom. The topological polar surface area (TPSA) is 69.3 Å². The fourth-order valence-electron chi connectivity index (χ4n) is 3.66. The molecule has 2 aromatic heterocycles. The molecule has 1 aromatic carbocycles. The number of hydrogen-bond donors (Lipinski definition) is 1. The molecule has 27 heavy (non-hydrogen) atoms. The molecule has 1 amide bonds. The first-order valence-electron chi connectivity index (χ1n) is 9.16. The minimum Gasteiger partial charge on any atom is -0.468 e. The Morgan fingerprint density at radius 3 is 2.93 bits per heavy atom. The van der Waals surface area contributed by atoms with Gasteiger partial charge in [0, 0.05) is 17.3 Å². The molecule has 3 aromatic rings. The number of amides is 1. The Bertz CT molecular complexity index is 986. The molecule has 6 nitrogen and oxygen atoms in total. The third-order valence-electron chi connectivity index (χ3n) is 5.30. The third kappa shape index (κ3) is 3.12. The zero-order chi connectivity index (χ0) is 19.0. The average Bonchev–Trinajstić information content (AvgIpc) is 3.31. The van der Waals surface area contributed by atoms with Crippen molar-refractivity contribution in [2.24, 2.45) is 0 Å². The maximum atomic E-state index is 12.5. The number of ether oxygens (including phenoxy) is 1. The Morgan fingerprint density at radius 2 is 2.15 bits per heavy atom. The van der Waals surface area contributed by atoms with Gasteiger partial charge in [-0.25, -0.2) is 4.68 Å². The van der Waals surface area contributed by atoms with E-state index in [1.54, 1.807) is 12.1 Å². The van der Waals surface area contributed by atoms with Gasteiger partial charge in [-0.05, 0) is 56.4 Å². The van der Waals surface area contributed by atoms with E-state index in [0.717, 1.165) is 36.2 Å². The van der Waals surface area contributed by atoms with Crippen molar-refractivity contribution in [1.82, 2.24) is 15.1 Å². The third-order valence-corrected chi connectivity index (χ3v) is 5.30. The maximum absolute atomic E-state index is 12.5. The van der Waals surface area contributed by atoms with Gasteiger partial charge in [-0.1, -0.05) is 12.1 Å². The van der Waals surface area contributed by atoms with Crippen molar-refractivity contribution in [2.45, 2.75) is 39.2 Å². The van der Waals surface area contributed by atoms with Crippen molar-refractivity contribution in [2.75, 3.05) is 7.11 Å². The van der Waals surface area contributed by atoms with Gasteiger partial charge in [-0.3, -0.25) is 4.79 Å². The number of aryl methyl sites for hydroxylation is 1. The summed E-state index contributed by atoms with van der Waals surface area (Å²) in [6.07, 6.45) is 4.71. The molecule has 0 fully saturated rings. The lowest BCUT2D eigenvalue weighted by Gasteiger charge is -2.24. The summed E-state index contributed by atoms with van der Waals surface area (Å²) in [4.78, 5) is 12.5. The Kier molecular flexibility index (Phi) is 4.48. The molecule has 4 rings (SSSR count). The van der Waals surface area contributed by atoms with Crippen LogP contribution in [-0.4, -0.2) is 22.8 Å². The van der Waals surface area contributed by atoms with Crippen molar-refractivity contribution in [3.05, 3.63) is 64.7 Å². The first kappa shape index (κ1) is 17.4. The summed E-state index contributed by atoms with van der Waals surface area (Å²) in [5.74, 6) is 0.337. The van der Waals surface area contributed by atoms with E-state index in [1.807, 2.05) is 10.9 Å². The van der Waals surface area contributed by atoms with Crippen molar-refractivity contribution in [1.29, 1.82) is 0 Å².